The molecular weight excluding hydrogens is 248 g/mol. The van der Waals surface area contributed by atoms with Gasteiger partial charge in [-0.3, -0.25) is 0 Å². The van der Waals surface area contributed by atoms with Crippen LogP contribution in [0.4, 0.5) is 8.78 Å². The molecule has 19 heavy (non-hydrogen) atoms. The van der Waals surface area contributed by atoms with Crippen molar-refractivity contribution >= 4 is 0 Å². The van der Waals surface area contributed by atoms with Crippen molar-refractivity contribution in [1.29, 1.82) is 0 Å². The summed E-state index contributed by atoms with van der Waals surface area (Å²) in [6.07, 6.45) is -0.530. The Hall–Kier alpha value is -1.94. The predicted octanol–water partition coefficient (Wildman–Crippen LogP) is 3.43. The lowest BCUT2D eigenvalue weighted by molar-refractivity contribution is 0.179. The van der Waals surface area contributed by atoms with Crippen LogP contribution >= 0.6 is 0 Å². The lowest BCUT2D eigenvalue weighted by atomic mass is 10.0. The molecule has 0 aliphatic heterocycles. The second-order valence-electron chi connectivity index (χ2n) is 4.41. The number of halogens is 2. The van der Waals surface area contributed by atoms with Gasteiger partial charge in [0.1, 0.15) is 23.5 Å². The second kappa shape index (κ2) is 5.80. The molecule has 0 aliphatic rings. The van der Waals surface area contributed by atoms with Crippen molar-refractivity contribution in [3.63, 3.8) is 0 Å². The molecule has 0 heterocycles. The molecular formula is C15H15F2NO. The first-order chi connectivity index (χ1) is 9.06. The fraction of sp³-hybridized carbons (Fsp3) is 0.200. The molecule has 2 N–H and O–H groups in total. The summed E-state index contributed by atoms with van der Waals surface area (Å²) < 4.78 is 32.0. The first-order valence-electron chi connectivity index (χ1n) is 5.99. The van der Waals surface area contributed by atoms with Crippen molar-refractivity contribution in [3.8, 4) is 5.75 Å². The SMILES string of the molecule is CC(N)C(Oc1cccc(F)c1)c1cccc(F)c1. The largest absolute Gasteiger partial charge is 0.484 e. The fourth-order valence-corrected chi connectivity index (χ4v) is 1.85. The van der Waals surface area contributed by atoms with Gasteiger partial charge in [0.25, 0.3) is 0 Å². The number of ether oxygens (including phenoxy) is 1. The lowest BCUT2D eigenvalue weighted by Gasteiger charge is -2.23. The number of hydrogen-bond donors (Lipinski definition) is 1. The minimum atomic E-state index is -0.530. The van der Waals surface area contributed by atoms with Gasteiger partial charge in [-0.2, -0.15) is 0 Å². The zero-order chi connectivity index (χ0) is 13.8. The predicted molar refractivity (Wildman–Crippen MR) is 69.8 cm³/mol. The number of nitrogens with two attached hydrogens (primary N) is 1. The molecule has 0 spiro atoms. The third-order valence-corrected chi connectivity index (χ3v) is 2.71. The molecule has 2 aromatic rings. The standard InChI is InChI=1S/C15H15F2NO/c1-10(18)15(11-4-2-5-12(16)8-11)19-14-7-3-6-13(17)9-14/h2-10,15H,18H2,1H3. The molecule has 0 aliphatic carbocycles. The number of benzene rings is 2. The van der Waals surface area contributed by atoms with Gasteiger partial charge in [-0.25, -0.2) is 8.78 Å². The zero-order valence-corrected chi connectivity index (χ0v) is 10.5. The summed E-state index contributed by atoms with van der Waals surface area (Å²) in [5.74, 6) is -0.377. The van der Waals surface area contributed by atoms with Crippen LogP contribution in [-0.4, -0.2) is 6.04 Å². The van der Waals surface area contributed by atoms with Crippen LogP contribution in [0.3, 0.4) is 0 Å². The van der Waals surface area contributed by atoms with Gasteiger partial charge >= 0.3 is 0 Å². The average Bonchev–Trinajstić information content (AvgIpc) is 2.35. The van der Waals surface area contributed by atoms with E-state index >= 15 is 0 Å². The molecule has 0 bridgehead atoms. The molecule has 0 aromatic heterocycles. The van der Waals surface area contributed by atoms with Crippen LogP contribution in [0.1, 0.15) is 18.6 Å². The molecule has 0 saturated heterocycles. The van der Waals surface area contributed by atoms with Crippen molar-refractivity contribution < 1.29 is 13.5 Å². The summed E-state index contributed by atoms with van der Waals surface area (Å²) in [7, 11) is 0. The van der Waals surface area contributed by atoms with Gasteiger partial charge in [-0.15, -0.1) is 0 Å². The normalized spacial score (nSPS) is 13.9. The van der Waals surface area contributed by atoms with Crippen LogP contribution in [0.2, 0.25) is 0 Å². The summed E-state index contributed by atoms with van der Waals surface area (Å²) in [5, 5.41) is 0. The third kappa shape index (κ3) is 3.51. The van der Waals surface area contributed by atoms with Crippen LogP contribution in [0.5, 0.6) is 5.75 Å². The highest BCUT2D eigenvalue weighted by Crippen LogP contribution is 2.25. The molecule has 4 heteroatoms. The molecule has 0 saturated carbocycles. The summed E-state index contributed by atoms with van der Waals surface area (Å²) >= 11 is 0. The Bertz CT molecular complexity index is 557. The van der Waals surface area contributed by atoms with Crippen LogP contribution in [0, 0.1) is 11.6 Å². The van der Waals surface area contributed by atoms with Gasteiger partial charge in [0.15, 0.2) is 0 Å². The molecule has 2 nitrogen and oxygen atoms in total. The minimum Gasteiger partial charge on any atom is -0.484 e. The van der Waals surface area contributed by atoms with E-state index in [0.29, 0.717) is 11.3 Å². The molecule has 0 radical (unpaired) electrons. The Labute approximate surface area is 110 Å². The highest BCUT2D eigenvalue weighted by atomic mass is 19.1. The Morgan fingerprint density at radius 2 is 1.63 bits per heavy atom. The van der Waals surface area contributed by atoms with Crippen molar-refractivity contribution in [1.82, 2.24) is 0 Å². The van der Waals surface area contributed by atoms with Gasteiger partial charge in [0, 0.05) is 12.1 Å². The lowest BCUT2D eigenvalue weighted by Crippen LogP contribution is -2.29. The molecule has 2 unspecified atom stereocenters. The van der Waals surface area contributed by atoms with E-state index in [1.54, 1.807) is 31.2 Å². The highest BCUT2D eigenvalue weighted by Gasteiger charge is 2.19. The van der Waals surface area contributed by atoms with E-state index in [1.165, 1.54) is 24.3 Å². The van der Waals surface area contributed by atoms with Crippen LogP contribution in [0.15, 0.2) is 48.5 Å². The maximum absolute atomic E-state index is 13.2. The van der Waals surface area contributed by atoms with Gasteiger partial charge in [0.05, 0.1) is 0 Å². The van der Waals surface area contributed by atoms with E-state index < -0.39 is 6.10 Å². The Kier molecular flexibility index (Phi) is 4.12. The summed E-state index contributed by atoms with van der Waals surface area (Å²) in [4.78, 5) is 0. The summed E-state index contributed by atoms with van der Waals surface area (Å²) in [6.45, 7) is 1.76. The first-order valence-corrected chi connectivity index (χ1v) is 5.99. The van der Waals surface area contributed by atoms with Crippen LogP contribution in [-0.2, 0) is 0 Å². The van der Waals surface area contributed by atoms with E-state index in [0.717, 1.165) is 0 Å². The first kappa shape index (κ1) is 13.5. The van der Waals surface area contributed by atoms with Crippen LogP contribution in [0.25, 0.3) is 0 Å². The minimum absolute atomic E-state index is 0.356. The Balaban J connectivity index is 2.26. The number of rotatable bonds is 4. The average molecular weight is 263 g/mol. The second-order valence-corrected chi connectivity index (χ2v) is 4.41. The van der Waals surface area contributed by atoms with Gasteiger partial charge in [0.2, 0.25) is 0 Å². The molecule has 2 atom stereocenters. The van der Waals surface area contributed by atoms with E-state index in [4.69, 9.17) is 10.5 Å². The van der Waals surface area contributed by atoms with Gasteiger partial charge < -0.3 is 10.5 Å². The molecule has 2 rings (SSSR count). The molecule has 100 valence electrons. The number of hydrogen-bond acceptors (Lipinski definition) is 2. The smallest absolute Gasteiger partial charge is 0.139 e. The molecule has 0 amide bonds. The maximum atomic E-state index is 13.2. The fourth-order valence-electron chi connectivity index (χ4n) is 1.85. The Morgan fingerprint density at radius 1 is 1.00 bits per heavy atom. The molecule has 0 fully saturated rings. The van der Waals surface area contributed by atoms with Crippen LogP contribution < -0.4 is 10.5 Å². The summed E-state index contributed by atoms with van der Waals surface area (Å²) in [5.41, 5.74) is 6.49. The highest BCUT2D eigenvalue weighted by molar-refractivity contribution is 5.26. The van der Waals surface area contributed by atoms with Crippen molar-refractivity contribution in [2.24, 2.45) is 5.73 Å². The monoisotopic (exact) mass is 263 g/mol. The maximum Gasteiger partial charge on any atom is 0.139 e. The van der Waals surface area contributed by atoms with E-state index in [2.05, 4.69) is 0 Å². The van der Waals surface area contributed by atoms with E-state index in [-0.39, 0.29) is 17.7 Å². The quantitative estimate of drug-likeness (QED) is 0.917. The topological polar surface area (TPSA) is 35.2 Å². The van der Waals surface area contributed by atoms with E-state index in [1.807, 2.05) is 0 Å². The van der Waals surface area contributed by atoms with Gasteiger partial charge in [-0.05, 0) is 36.8 Å². The summed E-state index contributed by atoms with van der Waals surface area (Å²) in [6, 6.07) is 11.5. The molecule has 2 aromatic carbocycles. The Morgan fingerprint density at radius 3 is 2.21 bits per heavy atom. The van der Waals surface area contributed by atoms with Crippen molar-refractivity contribution in [2.75, 3.05) is 0 Å². The van der Waals surface area contributed by atoms with E-state index in [9.17, 15) is 8.78 Å². The van der Waals surface area contributed by atoms with Crippen molar-refractivity contribution in [3.05, 3.63) is 65.7 Å². The third-order valence-electron chi connectivity index (χ3n) is 2.71. The van der Waals surface area contributed by atoms with Gasteiger partial charge in [-0.1, -0.05) is 18.2 Å². The van der Waals surface area contributed by atoms with Crippen molar-refractivity contribution in [2.45, 2.75) is 19.1 Å². The zero-order valence-electron chi connectivity index (χ0n) is 10.5.